The van der Waals surface area contributed by atoms with E-state index in [1.54, 1.807) is 46.9 Å². The lowest BCUT2D eigenvalue weighted by Crippen LogP contribution is -2.31. The number of rotatable bonds is 8. The van der Waals surface area contributed by atoms with Crippen LogP contribution < -0.4 is 15.4 Å². The Labute approximate surface area is 182 Å². The normalized spacial score (nSPS) is 16.1. The number of ether oxygens (including phenoxy) is 1. The number of likely N-dealkylation sites (tertiary alicyclic amines) is 1. The molecule has 3 heterocycles. The van der Waals surface area contributed by atoms with E-state index < -0.39 is 19.0 Å². The molecule has 12 heteroatoms. The van der Waals surface area contributed by atoms with Crippen molar-refractivity contribution in [1.29, 1.82) is 5.53 Å². The molecule has 0 unspecified atom stereocenters. The number of likely N-dealkylation sites (N-methyl/N-ethyl adjacent to an activating group) is 1. The fourth-order valence-electron chi connectivity index (χ4n) is 3.67. The maximum Gasteiger partial charge on any atom is 0.255 e. The standard InChI is InChI=1S/C20H22F2N8O2/c1-29-7-6-14(19(29)31)25-20-26-18(32-2)17-12(5-8-30(17)28-20)11-3-4-13(27-23)15(9-11)24-10-16(21)22/h3-5,8-9,14,16,23-24H,6-7,10H2,1-2H3,(H,25,28)/t14-/m1/s1. The number of carbonyl (C=O) groups excluding carboxylic acids is 1. The van der Waals surface area contributed by atoms with Crippen LogP contribution >= 0.6 is 0 Å². The summed E-state index contributed by atoms with van der Waals surface area (Å²) in [6.07, 6.45) is -0.173. The molecule has 10 nitrogen and oxygen atoms in total. The third kappa shape index (κ3) is 4.03. The molecule has 3 N–H and O–H groups in total. The summed E-state index contributed by atoms with van der Waals surface area (Å²) in [4.78, 5) is 18.3. The summed E-state index contributed by atoms with van der Waals surface area (Å²) >= 11 is 0. The van der Waals surface area contributed by atoms with Crippen LogP contribution in [0.5, 0.6) is 5.88 Å². The first-order valence-corrected chi connectivity index (χ1v) is 9.90. The van der Waals surface area contributed by atoms with Crippen LogP contribution in [0.15, 0.2) is 35.6 Å². The van der Waals surface area contributed by atoms with Crippen LogP contribution in [-0.2, 0) is 4.79 Å². The molecule has 0 aliphatic carbocycles. The molecular formula is C20H22F2N8O2. The van der Waals surface area contributed by atoms with Crippen LogP contribution in [0.4, 0.5) is 26.1 Å². The predicted molar refractivity (Wildman–Crippen MR) is 114 cm³/mol. The number of alkyl halides is 2. The molecule has 1 saturated heterocycles. The van der Waals surface area contributed by atoms with E-state index in [4.69, 9.17) is 10.3 Å². The molecule has 3 aromatic rings. The van der Waals surface area contributed by atoms with Gasteiger partial charge >= 0.3 is 0 Å². The zero-order chi connectivity index (χ0) is 22.8. The van der Waals surface area contributed by atoms with Gasteiger partial charge in [0.05, 0.1) is 19.3 Å². The molecule has 0 bridgehead atoms. The summed E-state index contributed by atoms with van der Waals surface area (Å²) in [5, 5.41) is 13.5. The first-order chi connectivity index (χ1) is 15.4. The Balaban J connectivity index is 1.71. The number of methoxy groups -OCH3 is 1. The summed E-state index contributed by atoms with van der Waals surface area (Å²) in [6.45, 7) is 0.102. The number of aromatic nitrogens is 3. The number of nitrogens with zero attached hydrogens (tertiary/aromatic N) is 5. The Kier molecular flexibility index (Phi) is 5.84. The number of hydrogen-bond acceptors (Lipinski definition) is 8. The minimum atomic E-state index is -2.54. The van der Waals surface area contributed by atoms with Crippen molar-refractivity contribution in [1.82, 2.24) is 19.5 Å². The van der Waals surface area contributed by atoms with E-state index in [1.165, 1.54) is 7.11 Å². The fourth-order valence-corrected chi connectivity index (χ4v) is 3.67. The summed E-state index contributed by atoms with van der Waals surface area (Å²) in [5.74, 6) is 0.523. The minimum absolute atomic E-state index is 0.0235. The van der Waals surface area contributed by atoms with Gasteiger partial charge in [0.25, 0.3) is 6.43 Å². The van der Waals surface area contributed by atoms with Gasteiger partial charge in [-0.3, -0.25) is 4.79 Å². The highest BCUT2D eigenvalue weighted by molar-refractivity contribution is 5.88. The zero-order valence-corrected chi connectivity index (χ0v) is 17.5. The van der Waals surface area contributed by atoms with E-state index in [0.29, 0.717) is 35.3 Å². The monoisotopic (exact) mass is 444 g/mol. The van der Waals surface area contributed by atoms with Crippen molar-refractivity contribution >= 4 is 28.7 Å². The number of carbonyl (C=O) groups is 1. The van der Waals surface area contributed by atoms with E-state index in [-0.39, 0.29) is 23.4 Å². The van der Waals surface area contributed by atoms with Crippen molar-refractivity contribution in [3.63, 3.8) is 0 Å². The molecule has 1 atom stereocenters. The van der Waals surface area contributed by atoms with Crippen LogP contribution in [0.2, 0.25) is 0 Å². The molecule has 1 fully saturated rings. The molecule has 1 aromatic carbocycles. The first kappa shape index (κ1) is 21.4. The lowest BCUT2D eigenvalue weighted by Gasteiger charge is -2.14. The number of halogens is 2. The van der Waals surface area contributed by atoms with Gasteiger partial charge in [-0.05, 0) is 30.2 Å². The van der Waals surface area contributed by atoms with E-state index in [2.05, 4.69) is 25.8 Å². The molecule has 0 saturated carbocycles. The van der Waals surface area contributed by atoms with Crippen molar-refractivity contribution in [2.24, 2.45) is 5.11 Å². The fraction of sp³-hybridized carbons (Fsp3) is 0.350. The van der Waals surface area contributed by atoms with Crippen LogP contribution in [0, 0.1) is 5.53 Å². The number of fused-ring (bicyclic) bond motifs is 1. The maximum absolute atomic E-state index is 12.7. The van der Waals surface area contributed by atoms with Gasteiger partial charge in [0.1, 0.15) is 17.2 Å². The Morgan fingerprint density at radius 1 is 1.38 bits per heavy atom. The molecule has 0 spiro atoms. The first-order valence-electron chi connectivity index (χ1n) is 9.90. The lowest BCUT2D eigenvalue weighted by molar-refractivity contribution is -0.127. The second kappa shape index (κ2) is 8.73. The Hall–Kier alpha value is -3.83. The molecular weight excluding hydrogens is 422 g/mol. The van der Waals surface area contributed by atoms with Crippen LogP contribution in [0.25, 0.3) is 16.6 Å². The van der Waals surface area contributed by atoms with E-state index in [0.717, 1.165) is 0 Å². The Morgan fingerprint density at radius 2 is 2.19 bits per heavy atom. The number of benzene rings is 1. The molecule has 168 valence electrons. The van der Waals surface area contributed by atoms with E-state index in [1.807, 2.05) is 0 Å². The molecule has 2 aromatic heterocycles. The van der Waals surface area contributed by atoms with Gasteiger partial charge in [-0.2, -0.15) is 10.1 Å². The number of nitrogens with one attached hydrogen (secondary N) is 3. The van der Waals surface area contributed by atoms with Gasteiger partial charge in [-0.1, -0.05) is 6.07 Å². The smallest absolute Gasteiger partial charge is 0.255 e. The van der Waals surface area contributed by atoms with Crippen molar-refractivity contribution < 1.29 is 18.3 Å². The highest BCUT2D eigenvalue weighted by Crippen LogP contribution is 2.36. The molecule has 0 radical (unpaired) electrons. The summed E-state index contributed by atoms with van der Waals surface area (Å²) in [6, 6.07) is 6.35. The van der Waals surface area contributed by atoms with E-state index in [9.17, 15) is 13.6 Å². The second-order valence-corrected chi connectivity index (χ2v) is 7.33. The highest BCUT2D eigenvalue weighted by Gasteiger charge is 2.30. The average molecular weight is 444 g/mol. The number of hydrogen-bond donors (Lipinski definition) is 3. The summed E-state index contributed by atoms with van der Waals surface area (Å²) in [7, 11) is 3.23. The van der Waals surface area contributed by atoms with Crippen molar-refractivity contribution in [3.8, 4) is 17.0 Å². The quantitative estimate of drug-likeness (QED) is 0.458. The maximum atomic E-state index is 12.7. The van der Waals surface area contributed by atoms with Gasteiger partial charge in [0, 0.05) is 25.4 Å². The lowest BCUT2D eigenvalue weighted by atomic mass is 10.1. The topological polar surface area (TPSA) is 120 Å². The second-order valence-electron chi connectivity index (χ2n) is 7.33. The Bertz CT molecular complexity index is 1170. The van der Waals surface area contributed by atoms with Gasteiger partial charge in [-0.25, -0.2) is 18.8 Å². The van der Waals surface area contributed by atoms with Crippen molar-refractivity contribution in [2.75, 3.05) is 37.9 Å². The average Bonchev–Trinajstić information content (AvgIpc) is 3.35. The number of anilines is 2. The SMILES string of the molecule is COc1nc(N[C@@H]2CCN(C)C2=O)nn2ccc(-c3ccc(N=N)c(NCC(F)F)c3)c12. The molecule has 32 heavy (non-hydrogen) atoms. The van der Waals surface area contributed by atoms with Gasteiger partial charge < -0.3 is 20.3 Å². The highest BCUT2D eigenvalue weighted by atomic mass is 19.3. The Morgan fingerprint density at radius 3 is 2.84 bits per heavy atom. The van der Waals surface area contributed by atoms with E-state index >= 15 is 0 Å². The van der Waals surface area contributed by atoms with Crippen LogP contribution in [-0.4, -0.2) is 65.1 Å². The molecule has 4 rings (SSSR count). The van der Waals surface area contributed by atoms with Crippen molar-refractivity contribution in [3.05, 3.63) is 30.5 Å². The molecule has 1 amide bonds. The van der Waals surface area contributed by atoms with Crippen LogP contribution in [0.3, 0.4) is 0 Å². The third-order valence-electron chi connectivity index (χ3n) is 5.28. The largest absolute Gasteiger partial charge is 0.479 e. The predicted octanol–water partition coefficient (Wildman–Crippen LogP) is 3.39. The number of amides is 1. The van der Waals surface area contributed by atoms with Gasteiger partial charge in [0.15, 0.2) is 0 Å². The summed E-state index contributed by atoms with van der Waals surface area (Å²) in [5.41, 5.74) is 9.81. The van der Waals surface area contributed by atoms with Gasteiger partial charge in [-0.15, -0.1) is 5.10 Å². The molecule has 1 aliphatic heterocycles. The minimum Gasteiger partial charge on any atom is -0.479 e. The van der Waals surface area contributed by atoms with Crippen LogP contribution in [0.1, 0.15) is 6.42 Å². The third-order valence-corrected chi connectivity index (χ3v) is 5.28. The van der Waals surface area contributed by atoms with Gasteiger partial charge in [0.2, 0.25) is 17.7 Å². The van der Waals surface area contributed by atoms with Crippen molar-refractivity contribution in [2.45, 2.75) is 18.9 Å². The summed E-state index contributed by atoms with van der Waals surface area (Å²) < 4.78 is 32.4. The molecule has 1 aliphatic rings. The zero-order valence-electron chi connectivity index (χ0n) is 17.5.